The molecule has 8 heteroatoms. The van der Waals surface area contributed by atoms with E-state index >= 15 is 0 Å². The number of amides is 1. The van der Waals surface area contributed by atoms with E-state index < -0.39 is 28.8 Å². The van der Waals surface area contributed by atoms with E-state index in [0.29, 0.717) is 6.42 Å². The molecular weight excluding hydrogens is 449 g/mol. The zero-order valence-corrected chi connectivity index (χ0v) is 20.6. The fraction of sp³-hybridized carbons (Fsp3) is 0.680. The van der Waals surface area contributed by atoms with Crippen LogP contribution in [0.4, 0.5) is 18.9 Å². The summed E-state index contributed by atoms with van der Waals surface area (Å²) in [5.74, 6) is 1.76. The number of nitrogens with zero attached hydrogens (tertiary/aromatic N) is 1. The second-order valence-electron chi connectivity index (χ2n) is 8.64. The Balaban J connectivity index is 2.28. The van der Waals surface area contributed by atoms with Crippen LogP contribution in [0.1, 0.15) is 95.6 Å². The average Bonchev–Trinajstić information content (AvgIpc) is 2.76. The van der Waals surface area contributed by atoms with Crippen LogP contribution in [0, 0.1) is 11.3 Å². The summed E-state index contributed by atoms with van der Waals surface area (Å²) in [4.78, 5) is 12.4. The Hall–Kier alpha value is -1.72. The Morgan fingerprint density at radius 3 is 2.18 bits per heavy atom. The van der Waals surface area contributed by atoms with Crippen LogP contribution >= 0.6 is 11.8 Å². The molecule has 0 aromatic heterocycles. The molecular formula is C25H37F3N2O2S. The van der Waals surface area contributed by atoms with Crippen LogP contribution < -0.4 is 5.32 Å². The summed E-state index contributed by atoms with van der Waals surface area (Å²) in [5, 5.41) is 21.7. The second-order valence-corrected chi connectivity index (χ2v) is 9.87. The van der Waals surface area contributed by atoms with E-state index in [9.17, 15) is 23.1 Å². The molecule has 0 aliphatic rings. The third-order valence-corrected chi connectivity index (χ3v) is 6.69. The predicted octanol–water partition coefficient (Wildman–Crippen LogP) is 7.31. The molecule has 1 rings (SSSR count). The standard InChI is InChI=1S/C25H37F3N2O2S/c1-3-4-16-33-17-12-10-8-6-5-7-9-11-15-24(2,32)23(31)30-21-14-13-20(19-29)22(18-21)25(26,27)28/h13-14,18,32H,3-12,15-17H2,1-2H3,(H,30,31)/t24-/m0/s1. The summed E-state index contributed by atoms with van der Waals surface area (Å²) in [5.41, 5.74) is -3.41. The summed E-state index contributed by atoms with van der Waals surface area (Å²) in [6, 6.07) is 4.46. The van der Waals surface area contributed by atoms with Crippen LogP contribution in [0.25, 0.3) is 0 Å². The molecule has 0 aliphatic heterocycles. The molecule has 1 aromatic carbocycles. The van der Waals surface area contributed by atoms with Crippen molar-refractivity contribution in [3.8, 4) is 6.07 Å². The smallest absolute Gasteiger partial charge is 0.380 e. The molecule has 0 unspecified atom stereocenters. The van der Waals surface area contributed by atoms with Gasteiger partial charge in [-0.05, 0) is 55.9 Å². The molecule has 0 spiro atoms. The van der Waals surface area contributed by atoms with Crippen LogP contribution in [0.3, 0.4) is 0 Å². The molecule has 0 bridgehead atoms. The zero-order valence-electron chi connectivity index (χ0n) is 19.8. The minimum atomic E-state index is -4.71. The van der Waals surface area contributed by atoms with E-state index in [0.717, 1.165) is 31.4 Å². The molecule has 0 heterocycles. The third kappa shape index (κ3) is 11.8. The first-order valence-corrected chi connectivity index (χ1v) is 13.0. The van der Waals surface area contributed by atoms with Crippen LogP contribution in [0.5, 0.6) is 0 Å². The van der Waals surface area contributed by atoms with Crippen LogP contribution in [-0.4, -0.2) is 28.1 Å². The number of nitrogens with one attached hydrogen (secondary N) is 1. The summed E-state index contributed by atoms with van der Waals surface area (Å²) in [6.07, 6.45) is 6.77. The Bertz CT molecular complexity index is 761. The van der Waals surface area contributed by atoms with Gasteiger partial charge in [0.2, 0.25) is 0 Å². The fourth-order valence-electron chi connectivity index (χ4n) is 3.42. The normalized spacial score (nSPS) is 13.4. The van der Waals surface area contributed by atoms with Gasteiger partial charge in [-0.25, -0.2) is 0 Å². The first-order valence-electron chi connectivity index (χ1n) is 11.8. The van der Waals surface area contributed by atoms with Gasteiger partial charge in [-0.15, -0.1) is 0 Å². The van der Waals surface area contributed by atoms with Crippen LogP contribution in [0.15, 0.2) is 18.2 Å². The Labute approximate surface area is 200 Å². The summed E-state index contributed by atoms with van der Waals surface area (Å²) in [6.45, 7) is 3.58. The number of hydrogen-bond acceptors (Lipinski definition) is 4. The van der Waals surface area contributed by atoms with E-state index in [1.54, 1.807) is 0 Å². The highest BCUT2D eigenvalue weighted by Crippen LogP contribution is 2.33. The molecule has 4 nitrogen and oxygen atoms in total. The van der Waals surface area contributed by atoms with Crippen molar-refractivity contribution >= 4 is 23.4 Å². The first-order chi connectivity index (χ1) is 15.6. The van der Waals surface area contributed by atoms with E-state index in [-0.39, 0.29) is 12.1 Å². The van der Waals surface area contributed by atoms with Gasteiger partial charge in [-0.2, -0.15) is 30.2 Å². The lowest BCUT2D eigenvalue weighted by molar-refractivity contribution is -0.138. The van der Waals surface area contributed by atoms with Crippen molar-refractivity contribution in [3.05, 3.63) is 29.3 Å². The topological polar surface area (TPSA) is 73.1 Å². The maximum absolute atomic E-state index is 13.1. The lowest BCUT2D eigenvalue weighted by Gasteiger charge is -2.22. The van der Waals surface area contributed by atoms with E-state index in [1.165, 1.54) is 69.1 Å². The van der Waals surface area contributed by atoms with E-state index in [2.05, 4.69) is 12.2 Å². The first kappa shape index (κ1) is 29.3. The number of aliphatic hydroxyl groups is 1. The highest BCUT2D eigenvalue weighted by Gasteiger charge is 2.35. The number of alkyl halides is 3. The quantitative estimate of drug-likeness (QED) is 0.240. The molecule has 0 saturated carbocycles. The maximum Gasteiger partial charge on any atom is 0.417 e. The largest absolute Gasteiger partial charge is 0.417 e. The molecule has 33 heavy (non-hydrogen) atoms. The zero-order chi connectivity index (χ0) is 24.7. The maximum atomic E-state index is 13.1. The molecule has 1 atom stereocenters. The molecule has 0 saturated heterocycles. The minimum Gasteiger partial charge on any atom is -0.380 e. The van der Waals surface area contributed by atoms with Gasteiger partial charge >= 0.3 is 6.18 Å². The molecule has 2 N–H and O–H groups in total. The van der Waals surface area contributed by atoms with Crippen LogP contribution in [0.2, 0.25) is 0 Å². The summed E-state index contributed by atoms with van der Waals surface area (Å²) in [7, 11) is 0. The van der Waals surface area contributed by atoms with Gasteiger partial charge in [0, 0.05) is 5.69 Å². The molecule has 1 amide bonds. The van der Waals surface area contributed by atoms with Gasteiger partial charge in [0.05, 0.1) is 17.2 Å². The molecule has 186 valence electrons. The second kappa shape index (κ2) is 15.2. The monoisotopic (exact) mass is 486 g/mol. The number of benzene rings is 1. The van der Waals surface area contributed by atoms with Gasteiger partial charge in [0.25, 0.3) is 5.91 Å². The Morgan fingerprint density at radius 2 is 1.61 bits per heavy atom. The number of carbonyl (C=O) groups is 1. The SMILES string of the molecule is CCCCSCCCCCCCCCC[C@](C)(O)C(=O)Nc1ccc(C#N)c(C(F)(F)F)c1. The van der Waals surface area contributed by atoms with Crippen molar-refractivity contribution in [1.82, 2.24) is 0 Å². The van der Waals surface area contributed by atoms with Crippen molar-refractivity contribution in [1.29, 1.82) is 5.26 Å². The van der Waals surface area contributed by atoms with Crippen molar-refractivity contribution in [2.45, 2.75) is 96.3 Å². The van der Waals surface area contributed by atoms with Gasteiger partial charge in [0.1, 0.15) is 5.60 Å². The summed E-state index contributed by atoms with van der Waals surface area (Å²) >= 11 is 2.04. The van der Waals surface area contributed by atoms with Crippen molar-refractivity contribution in [3.63, 3.8) is 0 Å². The van der Waals surface area contributed by atoms with E-state index in [1.807, 2.05) is 11.8 Å². The fourth-order valence-corrected chi connectivity index (χ4v) is 4.52. The molecule has 0 aliphatic carbocycles. The number of halogens is 3. The number of hydrogen-bond donors (Lipinski definition) is 2. The number of rotatable bonds is 16. The number of carbonyl (C=O) groups excluding carboxylic acids is 1. The average molecular weight is 487 g/mol. The minimum absolute atomic E-state index is 0.102. The lowest BCUT2D eigenvalue weighted by atomic mass is 9.96. The Kier molecular flexibility index (Phi) is 13.5. The van der Waals surface area contributed by atoms with Crippen molar-refractivity contribution < 1.29 is 23.1 Å². The summed E-state index contributed by atoms with van der Waals surface area (Å²) < 4.78 is 39.3. The number of anilines is 1. The van der Waals surface area contributed by atoms with Gasteiger partial charge in [-0.3, -0.25) is 4.79 Å². The lowest BCUT2D eigenvalue weighted by Crippen LogP contribution is -2.40. The molecule has 1 aromatic rings. The van der Waals surface area contributed by atoms with E-state index in [4.69, 9.17) is 5.26 Å². The van der Waals surface area contributed by atoms with Gasteiger partial charge in [0.15, 0.2) is 0 Å². The molecule has 0 fully saturated rings. The third-order valence-electron chi connectivity index (χ3n) is 5.54. The highest BCUT2D eigenvalue weighted by molar-refractivity contribution is 7.99. The Morgan fingerprint density at radius 1 is 1.03 bits per heavy atom. The van der Waals surface area contributed by atoms with Crippen molar-refractivity contribution in [2.75, 3.05) is 16.8 Å². The van der Waals surface area contributed by atoms with Crippen molar-refractivity contribution in [2.24, 2.45) is 0 Å². The van der Waals surface area contributed by atoms with Gasteiger partial charge in [-0.1, -0.05) is 58.3 Å². The number of nitriles is 1. The van der Waals surface area contributed by atoms with Crippen LogP contribution in [-0.2, 0) is 11.0 Å². The molecule has 0 radical (unpaired) electrons. The highest BCUT2D eigenvalue weighted by atomic mass is 32.2. The predicted molar refractivity (Wildman–Crippen MR) is 129 cm³/mol. The number of unbranched alkanes of at least 4 members (excludes halogenated alkanes) is 8. The van der Waals surface area contributed by atoms with Gasteiger partial charge < -0.3 is 10.4 Å². The number of thioether (sulfide) groups is 1.